The summed E-state index contributed by atoms with van der Waals surface area (Å²) in [6, 6.07) is 6.05. The topological polar surface area (TPSA) is 137 Å². The third-order valence-corrected chi connectivity index (χ3v) is 9.03. The Labute approximate surface area is 213 Å². The summed E-state index contributed by atoms with van der Waals surface area (Å²) in [7, 11) is 0. The van der Waals surface area contributed by atoms with Gasteiger partial charge in [-0.05, 0) is 42.4 Å². The van der Waals surface area contributed by atoms with Crippen molar-refractivity contribution in [3.63, 3.8) is 0 Å². The minimum absolute atomic E-state index is 0.0352. The van der Waals surface area contributed by atoms with Gasteiger partial charge in [0.15, 0.2) is 17.4 Å². The van der Waals surface area contributed by atoms with Gasteiger partial charge >= 0.3 is 0 Å². The van der Waals surface area contributed by atoms with Crippen LogP contribution in [0.4, 0.5) is 17.5 Å². The first kappa shape index (κ1) is 22.1. The molecule has 7 rings (SSSR count). The van der Waals surface area contributed by atoms with E-state index in [-0.39, 0.29) is 17.0 Å². The van der Waals surface area contributed by atoms with Crippen LogP contribution >= 0.6 is 11.8 Å². The molecule has 2 spiro atoms. The van der Waals surface area contributed by atoms with E-state index in [1.165, 1.54) is 17.3 Å². The fraction of sp³-hybridized carbons (Fsp3) is 0.440. The Morgan fingerprint density at radius 3 is 2.69 bits per heavy atom. The summed E-state index contributed by atoms with van der Waals surface area (Å²) in [5, 5.41) is 4.12. The normalized spacial score (nSPS) is 22.9. The summed E-state index contributed by atoms with van der Waals surface area (Å²) in [6.07, 6.45) is 8.37. The van der Waals surface area contributed by atoms with Gasteiger partial charge in [0.25, 0.3) is 0 Å². The van der Waals surface area contributed by atoms with E-state index in [4.69, 9.17) is 25.9 Å². The molecule has 0 saturated carbocycles. The Morgan fingerprint density at radius 2 is 1.94 bits per heavy atom. The first-order valence-corrected chi connectivity index (χ1v) is 13.1. The van der Waals surface area contributed by atoms with Crippen molar-refractivity contribution in [1.82, 2.24) is 19.9 Å². The van der Waals surface area contributed by atoms with E-state index in [1.54, 1.807) is 6.20 Å². The van der Waals surface area contributed by atoms with Crippen LogP contribution in [0, 0.1) is 5.41 Å². The zero-order valence-corrected chi connectivity index (χ0v) is 20.6. The number of aromatic nitrogens is 4. The lowest BCUT2D eigenvalue weighted by Gasteiger charge is -2.45. The third kappa shape index (κ3) is 3.48. The van der Waals surface area contributed by atoms with Gasteiger partial charge in [-0.1, -0.05) is 17.8 Å². The lowest BCUT2D eigenvalue weighted by molar-refractivity contribution is -0.0652. The fourth-order valence-corrected chi connectivity index (χ4v) is 6.62. The number of anilines is 3. The Bertz CT molecular complexity index is 1330. The number of hydrogen-bond acceptors (Lipinski definition) is 11. The minimum atomic E-state index is -0.168. The molecule has 0 amide bonds. The summed E-state index contributed by atoms with van der Waals surface area (Å²) in [6.45, 7) is 3.52. The second kappa shape index (κ2) is 8.19. The number of nitrogens with two attached hydrogens (primary N) is 2. The van der Waals surface area contributed by atoms with Gasteiger partial charge in [-0.3, -0.25) is 4.98 Å². The second-order valence-corrected chi connectivity index (χ2v) is 11.3. The Kier molecular flexibility index (Phi) is 5.02. The van der Waals surface area contributed by atoms with Crippen LogP contribution in [-0.2, 0) is 11.2 Å². The van der Waals surface area contributed by atoms with Crippen molar-refractivity contribution in [2.24, 2.45) is 11.1 Å². The number of fused-ring (bicyclic) bond motifs is 2. The summed E-state index contributed by atoms with van der Waals surface area (Å²) in [4.78, 5) is 21.6. The molecule has 10 nitrogen and oxygen atoms in total. The minimum Gasteiger partial charge on any atom is -0.486 e. The summed E-state index contributed by atoms with van der Waals surface area (Å²) >= 11 is 1.44. The smallest absolute Gasteiger partial charge is 0.175 e. The Morgan fingerprint density at radius 1 is 1.08 bits per heavy atom. The molecule has 0 unspecified atom stereocenters. The van der Waals surface area contributed by atoms with Gasteiger partial charge in [0.1, 0.15) is 23.0 Å². The molecular formula is C25H28N8O2S. The van der Waals surface area contributed by atoms with Gasteiger partial charge in [0, 0.05) is 37.2 Å². The van der Waals surface area contributed by atoms with E-state index in [0.717, 1.165) is 60.3 Å². The number of piperidine rings is 1. The molecule has 5 N–H and O–H groups in total. The molecule has 3 aliphatic heterocycles. The molecule has 36 heavy (non-hydrogen) atoms. The average Bonchev–Trinajstić information content (AvgIpc) is 3.15. The van der Waals surface area contributed by atoms with Crippen molar-refractivity contribution in [2.75, 3.05) is 48.9 Å². The van der Waals surface area contributed by atoms with E-state index in [2.05, 4.69) is 31.2 Å². The van der Waals surface area contributed by atoms with E-state index in [0.29, 0.717) is 30.7 Å². The predicted octanol–water partition coefficient (Wildman–Crippen LogP) is 2.42. The van der Waals surface area contributed by atoms with Gasteiger partial charge in [0.2, 0.25) is 0 Å². The van der Waals surface area contributed by atoms with Crippen molar-refractivity contribution in [1.29, 1.82) is 0 Å². The highest BCUT2D eigenvalue weighted by Gasteiger charge is 2.47. The van der Waals surface area contributed by atoms with Crippen LogP contribution in [0.2, 0.25) is 0 Å². The Hall–Kier alpha value is -3.15. The highest BCUT2D eigenvalue weighted by Crippen LogP contribution is 2.50. The first-order chi connectivity index (χ1) is 17.5. The third-order valence-electron chi connectivity index (χ3n) is 7.98. The van der Waals surface area contributed by atoms with Gasteiger partial charge in [0.05, 0.1) is 24.3 Å². The first-order valence-electron chi connectivity index (χ1n) is 12.3. The van der Waals surface area contributed by atoms with E-state index >= 15 is 0 Å². The van der Waals surface area contributed by atoms with Crippen molar-refractivity contribution in [2.45, 2.75) is 40.8 Å². The maximum atomic E-state index is 6.70. The summed E-state index contributed by atoms with van der Waals surface area (Å²) < 4.78 is 11.4. The van der Waals surface area contributed by atoms with Gasteiger partial charge < -0.3 is 31.2 Å². The zero-order chi connectivity index (χ0) is 24.3. The van der Waals surface area contributed by atoms with E-state index in [1.807, 2.05) is 24.5 Å². The molecule has 3 aromatic rings. The van der Waals surface area contributed by atoms with Crippen LogP contribution < -0.4 is 26.4 Å². The molecule has 4 aliphatic rings. The number of hydrogen-bond donors (Lipinski definition) is 3. The van der Waals surface area contributed by atoms with Crippen LogP contribution in [0.1, 0.15) is 30.1 Å². The summed E-state index contributed by atoms with van der Waals surface area (Å²) in [5.74, 6) is 2.65. The van der Waals surface area contributed by atoms with Gasteiger partial charge in [-0.2, -0.15) is 0 Å². The lowest BCUT2D eigenvalue weighted by Crippen LogP contribution is -2.61. The predicted molar refractivity (Wildman–Crippen MR) is 136 cm³/mol. The number of rotatable bonds is 3. The van der Waals surface area contributed by atoms with Crippen molar-refractivity contribution in [3.05, 3.63) is 48.0 Å². The quantitative estimate of drug-likeness (QED) is 0.485. The maximum Gasteiger partial charge on any atom is 0.175 e. The maximum absolute atomic E-state index is 6.70. The molecule has 186 valence electrons. The SMILES string of the molecule is Nc1nc(N2CCC3(CC2)Cc2ncccc2[C@H]3N)cnc1Sc1ccnc2c1OCC1(COC1)N2. The molecule has 1 atom stereocenters. The van der Waals surface area contributed by atoms with Gasteiger partial charge in [-0.25, -0.2) is 15.0 Å². The van der Waals surface area contributed by atoms with Crippen molar-refractivity contribution < 1.29 is 9.47 Å². The van der Waals surface area contributed by atoms with Crippen LogP contribution in [0.5, 0.6) is 5.75 Å². The molecule has 2 fully saturated rings. The van der Waals surface area contributed by atoms with Crippen LogP contribution in [0.3, 0.4) is 0 Å². The fourth-order valence-electron chi connectivity index (χ4n) is 5.78. The highest BCUT2D eigenvalue weighted by atomic mass is 32.2. The standard InChI is InChI=1S/C25H28N8O2S/c26-20-15-2-1-6-28-16(15)10-24(20)4-8-33(9-5-24)18-11-30-23(21(27)31-18)36-17-3-7-29-22-19(17)35-14-25(32-22)12-34-13-25/h1-3,6-7,11,20H,4-5,8-10,12-14,26H2,(H2,27,31)(H,29,32)/t20-/m1/s1. The van der Waals surface area contributed by atoms with Crippen LogP contribution in [-0.4, -0.2) is 58.4 Å². The number of ether oxygens (including phenoxy) is 2. The molecule has 2 saturated heterocycles. The average molecular weight is 505 g/mol. The molecule has 11 heteroatoms. The van der Waals surface area contributed by atoms with E-state index in [9.17, 15) is 0 Å². The number of nitrogens with zero attached hydrogens (tertiary/aromatic N) is 5. The van der Waals surface area contributed by atoms with Crippen LogP contribution in [0.15, 0.2) is 46.7 Å². The molecule has 1 aliphatic carbocycles. The summed E-state index contributed by atoms with van der Waals surface area (Å²) in [5.41, 5.74) is 15.3. The molecule has 0 aromatic carbocycles. The van der Waals surface area contributed by atoms with Crippen molar-refractivity contribution in [3.8, 4) is 5.75 Å². The molecule has 0 radical (unpaired) electrons. The van der Waals surface area contributed by atoms with Crippen LogP contribution in [0.25, 0.3) is 0 Å². The molecule has 6 heterocycles. The molecule has 3 aromatic heterocycles. The Balaban J connectivity index is 1.05. The lowest BCUT2D eigenvalue weighted by atomic mass is 9.73. The van der Waals surface area contributed by atoms with E-state index < -0.39 is 0 Å². The zero-order valence-electron chi connectivity index (χ0n) is 19.8. The number of nitrogen functional groups attached to an aromatic ring is 1. The van der Waals surface area contributed by atoms with Gasteiger partial charge in [-0.15, -0.1) is 0 Å². The van der Waals surface area contributed by atoms with Crippen molar-refractivity contribution >= 4 is 29.2 Å². The highest BCUT2D eigenvalue weighted by molar-refractivity contribution is 7.99. The monoisotopic (exact) mass is 504 g/mol. The largest absolute Gasteiger partial charge is 0.486 e. The molecular weight excluding hydrogens is 476 g/mol. The molecule has 0 bridgehead atoms. The number of nitrogens with one attached hydrogen (secondary N) is 1. The second-order valence-electron chi connectivity index (χ2n) is 10.2. The number of pyridine rings is 2.